The number of para-hydroxylation sites is 1. The van der Waals surface area contributed by atoms with Crippen molar-refractivity contribution in [3.63, 3.8) is 0 Å². The molecule has 12 nitrogen and oxygen atoms in total. The molecule has 1 aromatic heterocycles. The van der Waals surface area contributed by atoms with Crippen molar-refractivity contribution in [1.29, 1.82) is 0 Å². The molecule has 218 valence electrons. The largest absolute Gasteiger partial charge is 0.822 e. The first-order valence-corrected chi connectivity index (χ1v) is 13.5. The number of hydrogen-bond acceptors (Lipinski definition) is 10. The number of rotatable bonds is 10. The van der Waals surface area contributed by atoms with E-state index in [1.54, 1.807) is 19.1 Å². The Labute approximate surface area is 241 Å². The molecular formula is C30H28N4O8-2. The van der Waals surface area contributed by atoms with E-state index in [0.717, 1.165) is 16.7 Å². The van der Waals surface area contributed by atoms with Crippen LogP contribution in [0.4, 0.5) is 4.79 Å². The minimum Gasteiger partial charge on any atom is -0.822 e. The Hall–Kier alpha value is -4.65. The fourth-order valence-electron chi connectivity index (χ4n) is 4.96. The van der Waals surface area contributed by atoms with Crippen LogP contribution in [-0.2, 0) is 25.6 Å². The summed E-state index contributed by atoms with van der Waals surface area (Å²) in [7, 11) is 0. The lowest BCUT2D eigenvalue weighted by atomic mass is 9.98. The summed E-state index contributed by atoms with van der Waals surface area (Å²) in [4.78, 5) is 20.8. The number of carbonyl (C=O) groups excluding carboxylic acids is 1. The van der Waals surface area contributed by atoms with Crippen LogP contribution >= 0.6 is 0 Å². The number of aromatic nitrogens is 2. The average molecular weight is 573 g/mol. The molecule has 0 aliphatic carbocycles. The SMILES string of the molecule is CCOc1nc2cccc(C(O)OCC3OC(=O)OC3C)c2n1Cc1ccc(-c2ccccc2C2=NOC([O-])[N-]2)cc1. The van der Waals surface area contributed by atoms with Gasteiger partial charge in [0, 0.05) is 12.0 Å². The molecule has 12 heteroatoms. The Morgan fingerprint density at radius 2 is 1.86 bits per heavy atom. The van der Waals surface area contributed by atoms with Gasteiger partial charge in [-0.2, -0.15) is 4.98 Å². The van der Waals surface area contributed by atoms with Crippen molar-refractivity contribution in [2.45, 2.75) is 45.3 Å². The summed E-state index contributed by atoms with van der Waals surface area (Å²) in [6.45, 7) is 4.34. The fourth-order valence-corrected chi connectivity index (χ4v) is 4.96. The molecule has 3 aromatic carbocycles. The van der Waals surface area contributed by atoms with E-state index < -0.39 is 31.1 Å². The van der Waals surface area contributed by atoms with Crippen LogP contribution in [0.1, 0.15) is 36.8 Å². The van der Waals surface area contributed by atoms with Crippen LogP contribution in [0.3, 0.4) is 0 Å². The van der Waals surface area contributed by atoms with Crippen LogP contribution in [-0.4, -0.2) is 58.5 Å². The molecule has 0 bridgehead atoms. The highest BCUT2D eigenvalue weighted by Gasteiger charge is 2.34. The summed E-state index contributed by atoms with van der Waals surface area (Å²) in [5.41, 5.74) is 5.22. The first-order chi connectivity index (χ1) is 20.4. The van der Waals surface area contributed by atoms with Gasteiger partial charge in [0.15, 0.2) is 12.4 Å². The van der Waals surface area contributed by atoms with E-state index in [0.29, 0.717) is 41.3 Å². The van der Waals surface area contributed by atoms with Crippen molar-refractivity contribution in [2.24, 2.45) is 5.16 Å². The Morgan fingerprint density at radius 1 is 1.07 bits per heavy atom. The lowest BCUT2D eigenvalue weighted by Crippen LogP contribution is -2.26. The number of fused-ring (bicyclic) bond motifs is 1. The minimum absolute atomic E-state index is 0.0405. The molecule has 1 N–H and O–H groups in total. The average Bonchev–Trinajstić information content (AvgIpc) is 3.68. The van der Waals surface area contributed by atoms with E-state index in [4.69, 9.17) is 23.8 Å². The summed E-state index contributed by atoms with van der Waals surface area (Å²) in [5, 5.41) is 30.3. The highest BCUT2D eigenvalue weighted by molar-refractivity contribution is 6.12. The molecular weight excluding hydrogens is 544 g/mol. The smallest absolute Gasteiger partial charge is 0.509 e. The van der Waals surface area contributed by atoms with Crippen molar-refractivity contribution >= 4 is 23.0 Å². The third-order valence-electron chi connectivity index (χ3n) is 7.00. The number of imidazole rings is 1. The Kier molecular flexibility index (Phi) is 7.66. The second kappa shape index (κ2) is 11.7. The number of aliphatic hydroxyl groups is 1. The van der Waals surface area contributed by atoms with Crippen LogP contribution in [0, 0.1) is 0 Å². The van der Waals surface area contributed by atoms with Gasteiger partial charge in [-0.3, -0.25) is 9.72 Å². The summed E-state index contributed by atoms with van der Waals surface area (Å²) < 4.78 is 23.6. The van der Waals surface area contributed by atoms with Crippen molar-refractivity contribution in [3.8, 4) is 17.1 Å². The zero-order valence-electron chi connectivity index (χ0n) is 22.9. The highest BCUT2D eigenvalue weighted by atomic mass is 16.8. The zero-order chi connectivity index (χ0) is 29.2. The molecule has 4 atom stereocenters. The van der Waals surface area contributed by atoms with Crippen molar-refractivity contribution < 1.29 is 38.8 Å². The lowest BCUT2D eigenvalue weighted by Gasteiger charge is -2.22. The van der Waals surface area contributed by atoms with Crippen LogP contribution in [0.15, 0.2) is 71.9 Å². The number of amidine groups is 1. The highest BCUT2D eigenvalue weighted by Crippen LogP contribution is 2.32. The maximum Gasteiger partial charge on any atom is 0.509 e. The fraction of sp³-hybridized carbons (Fsp3) is 0.300. The number of ether oxygens (including phenoxy) is 4. The van der Waals surface area contributed by atoms with Crippen LogP contribution < -0.4 is 9.84 Å². The van der Waals surface area contributed by atoms with E-state index in [1.165, 1.54) is 0 Å². The summed E-state index contributed by atoms with van der Waals surface area (Å²) in [5.74, 6) is 0.266. The molecule has 0 radical (unpaired) electrons. The molecule has 4 aromatic rings. The number of carbonyl (C=O) groups is 1. The van der Waals surface area contributed by atoms with Gasteiger partial charge in [-0.25, -0.2) is 4.79 Å². The van der Waals surface area contributed by atoms with Crippen molar-refractivity contribution in [1.82, 2.24) is 9.55 Å². The summed E-state index contributed by atoms with van der Waals surface area (Å²) in [6, 6.07) is 21.2. The number of oxime groups is 1. The molecule has 6 rings (SSSR count). The van der Waals surface area contributed by atoms with Gasteiger partial charge in [0.05, 0.1) is 30.8 Å². The van der Waals surface area contributed by atoms with E-state index in [2.05, 4.69) is 15.5 Å². The molecule has 4 unspecified atom stereocenters. The van der Waals surface area contributed by atoms with Gasteiger partial charge < -0.3 is 39.3 Å². The lowest BCUT2D eigenvalue weighted by molar-refractivity contribution is -0.472. The third-order valence-corrected chi connectivity index (χ3v) is 7.00. The molecule has 0 amide bonds. The molecule has 42 heavy (non-hydrogen) atoms. The number of hydrogen-bond donors (Lipinski definition) is 1. The predicted octanol–water partition coefficient (Wildman–Crippen LogP) is 3.79. The monoisotopic (exact) mass is 572 g/mol. The third kappa shape index (κ3) is 5.47. The van der Waals surface area contributed by atoms with E-state index in [1.807, 2.05) is 66.1 Å². The van der Waals surface area contributed by atoms with Gasteiger partial charge in [0.25, 0.3) is 6.01 Å². The van der Waals surface area contributed by atoms with Crippen LogP contribution in [0.2, 0.25) is 0 Å². The van der Waals surface area contributed by atoms with Gasteiger partial charge in [0.2, 0.25) is 0 Å². The number of benzene rings is 3. The van der Waals surface area contributed by atoms with Crippen molar-refractivity contribution in [2.75, 3.05) is 13.2 Å². The number of aliphatic hydroxyl groups excluding tert-OH is 1. The molecule has 2 aliphatic heterocycles. The molecule has 1 saturated heterocycles. The Morgan fingerprint density at radius 3 is 2.55 bits per heavy atom. The van der Waals surface area contributed by atoms with E-state index in [-0.39, 0.29) is 12.4 Å². The maximum atomic E-state index is 11.5. The van der Waals surface area contributed by atoms with Gasteiger partial charge in [-0.15, -0.1) is 0 Å². The van der Waals surface area contributed by atoms with Gasteiger partial charge in [-0.05, 0) is 48.0 Å². The molecule has 1 fully saturated rings. The van der Waals surface area contributed by atoms with Crippen LogP contribution in [0.5, 0.6) is 6.01 Å². The normalized spacial score (nSPS) is 20.4. The van der Waals surface area contributed by atoms with Gasteiger partial charge in [0.1, 0.15) is 6.10 Å². The van der Waals surface area contributed by atoms with Crippen molar-refractivity contribution in [3.05, 3.63) is 88.7 Å². The quantitative estimate of drug-likeness (QED) is 0.221. The predicted molar refractivity (Wildman–Crippen MR) is 148 cm³/mol. The second-order valence-corrected chi connectivity index (χ2v) is 9.74. The summed E-state index contributed by atoms with van der Waals surface area (Å²) >= 11 is 0. The second-order valence-electron chi connectivity index (χ2n) is 9.74. The zero-order valence-corrected chi connectivity index (χ0v) is 22.9. The standard InChI is InChI=1S/C30H28N4O8/c1-3-38-28-31-23-10-6-9-22(27(35)39-16-24-17(2)40-30(37)41-24)25(23)34(28)15-18-11-13-19(14-12-18)20-7-4-5-8-21(20)26-32-29(36)42-33-26/h4-14,17,24,27,29,35H,3,15-16H2,1-2H3/q-2. The maximum absolute atomic E-state index is 11.5. The molecule has 2 aliphatic rings. The first kappa shape index (κ1) is 27.5. The van der Waals surface area contributed by atoms with Crippen LogP contribution in [0.25, 0.3) is 27.5 Å². The molecule has 3 heterocycles. The molecule has 0 saturated carbocycles. The first-order valence-electron chi connectivity index (χ1n) is 13.5. The van der Waals surface area contributed by atoms with Gasteiger partial charge >= 0.3 is 6.16 Å². The topological polar surface area (TPSA) is 151 Å². The van der Waals surface area contributed by atoms with E-state index in [9.17, 15) is 15.0 Å². The Balaban J connectivity index is 1.28. The number of cyclic esters (lactones) is 2. The van der Waals surface area contributed by atoms with E-state index >= 15 is 0 Å². The minimum atomic E-state index is -1.55. The number of nitrogens with zero attached hydrogens (tertiary/aromatic N) is 4. The Bertz CT molecular complexity index is 1620. The molecule has 0 spiro atoms. The summed E-state index contributed by atoms with van der Waals surface area (Å²) in [6.07, 6.45) is -4.73. The van der Waals surface area contributed by atoms with Gasteiger partial charge in [-0.1, -0.05) is 60.7 Å².